The highest BCUT2D eigenvalue weighted by atomic mass is 19.1. The van der Waals surface area contributed by atoms with Gasteiger partial charge in [-0.15, -0.1) is 0 Å². The standard InChI is InChI=1S/C24H20FN3O4/c25-16-6-11-21-20(14-16)22(26-17-7-9-18(10-8-17)28(30)31)19-12-13-27(24(19)32-21)23(29)15-4-2-1-3-5-15/h1-11,14,19,22,24,26H,12-13H2/t19-,22+,24+/m1/s1. The fourth-order valence-corrected chi connectivity index (χ4v) is 4.51. The monoisotopic (exact) mass is 433 g/mol. The van der Waals surface area contributed by atoms with E-state index in [1.165, 1.54) is 24.3 Å². The summed E-state index contributed by atoms with van der Waals surface area (Å²) >= 11 is 0. The van der Waals surface area contributed by atoms with Crippen molar-refractivity contribution in [3.05, 3.63) is 99.9 Å². The summed E-state index contributed by atoms with van der Waals surface area (Å²) in [5, 5.41) is 14.4. The van der Waals surface area contributed by atoms with Gasteiger partial charge in [-0.25, -0.2) is 4.39 Å². The van der Waals surface area contributed by atoms with Crippen LogP contribution in [0.4, 0.5) is 15.8 Å². The van der Waals surface area contributed by atoms with Crippen molar-refractivity contribution < 1.29 is 18.8 Å². The topological polar surface area (TPSA) is 84.7 Å². The first-order valence-electron chi connectivity index (χ1n) is 10.3. The number of carbonyl (C=O) groups is 1. The minimum atomic E-state index is -0.504. The highest BCUT2D eigenvalue weighted by molar-refractivity contribution is 5.94. The van der Waals surface area contributed by atoms with E-state index in [4.69, 9.17) is 4.74 Å². The summed E-state index contributed by atoms with van der Waals surface area (Å²) < 4.78 is 20.3. The van der Waals surface area contributed by atoms with E-state index in [0.29, 0.717) is 35.5 Å². The third-order valence-electron chi connectivity index (χ3n) is 6.04. The van der Waals surface area contributed by atoms with Crippen molar-refractivity contribution in [2.24, 2.45) is 5.92 Å². The molecule has 1 N–H and O–H groups in total. The third kappa shape index (κ3) is 3.53. The maximum Gasteiger partial charge on any atom is 0.269 e. The molecule has 0 bridgehead atoms. The Morgan fingerprint density at radius 2 is 1.84 bits per heavy atom. The molecule has 162 valence electrons. The van der Waals surface area contributed by atoms with Crippen LogP contribution in [0, 0.1) is 21.8 Å². The highest BCUT2D eigenvalue weighted by Crippen LogP contribution is 2.46. The molecule has 32 heavy (non-hydrogen) atoms. The lowest BCUT2D eigenvalue weighted by atomic mass is 9.87. The van der Waals surface area contributed by atoms with Gasteiger partial charge in [0.25, 0.3) is 11.6 Å². The van der Waals surface area contributed by atoms with Gasteiger partial charge >= 0.3 is 0 Å². The number of carbonyl (C=O) groups excluding carboxylic acids is 1. The summed E-state index contributed by atoms with van der Waals surface area (Å²) in [4.78, 5) is 25.4. The Labute approximate surface area is 183 Å². The van der Waals surface area contributed by atoms with E-state index in [9.17, 15) is 19.3 Å². The van der Waals surface area contributed by atoms with Crippen molar-refractivity contribution in [3.63, 3.8) is 0 Å². The molecule has 5 rings (SSSR count). The summed E-state index contributed by atoms with van der Waals surface area (Å²) in [6.07, 6.45) is 0.167. The Kier molecular flexibility index (Phi) is 4.97. The molecular formula is C24H20FN3O4. The molecule has 3 aromatic carbocycles. The van der Waals surface area contributed by atoms with E-state index >= 15 is 0 Å². The molecule has 1 amide bonds. The molecule has 3 aromatic rings. The van der Waals surface area contributed by atoms with Crippen LogP contribution in [-0.2, 0) is 0 Å². The van der Waals surface area contributed by atoms with E-state index in [1.807, 2.05) is 18.2 Å². The number of nitro groups is 1. The van der Waals surface area contributed by atoms with Crippen LogP contribution in [0.2, 0.25) is 0 Å². The molecule has 2 aliphatic heterocycles. The maximum absolute atomic E-state index is 14.1. The molecule has 1 saturated heterocycles. The smallest absolute Gasteiger partial charge is 0.269 e. The number of nitrogens with zero attached hydrogens (tertiary/aromatic N) is 2. The summed E-state index contributed by atoms with van der Waals surface area (Å²) in [6, 6.07) is 19.2. The Balaban J connectivity index is 1.48. The summed E-state index contributed by atoms with van der Waals surface area (Å²) in [5.41, 5.74) is 1.91. The molecule has 8 heteroatoms. The van der Waals surface area contributed by atoms with Gasteiger partial charge < -0.3 is 15.0 Å². The quantitative estimate of drug-likeness (QED) is 0.473. The number of non-ortho nitro benzene ring substituents is 1. The number of ether oxygens (including phenoxy) is 1. The van der Waals surface area contributed by atoms with Gasteiger partial charge in [0.1, 0.15) is 11.6 Å². The van der Waals surface area contributed by atoms with Crippen LogP contribution in [-0.4, -0.2) is 28.5 Å². The third-order valence-corrected chi connectivity index (χ3v) is 6.04. The Morgan fingerprint density at radius 1 is 1.09 bits per heavy atom. The molecule has 0 aliphatic carbocycles. The number of anilines is 1. The van der Waals surface area contributed by atoms with Crippen LogP contribution in [0.15, 0.2) is 72.8 Å². The van der Waals surface area contributed by atoms with Crippen LogP contribution in [0.5, 0.6) is 5.75 Å². The lowest BCUT2D eigenvalue weighted by molar-refractivity contribution is -0.384. The predicted molar refractivity (Wildman–Crippen MR) is 116 cm³/mol. The number of nitrogens with one attached hydrogen (secondary N) is 1. The average Bonchev–Trinajstić information content (AvgIpc) is 3.23. The van der Waals surface area contributed by atoms with E-state index < -0.39 is 11.2 Å². The van der Waals surface area contributed by atoms with Gasteiger partial charge in [0.2, 0.25) is 0 Å². The number of rotatable bonds is 4. The zero-order chi connectivity index (χ0) is 22.2. The highest BCUT2D eigenvalue weighted by Gasteiger charge is 2.47. The lowest BCUT2D eigenvalue weighted by Gasteiger charge is -2.39. The molecule has 1 fully saturated rings. The van der Waals surface area contributed by atoms with E-state index in [2.05, 4.69) is 5.32 Å². The fourth-order valence-electron chi connectivity index (χ4n) is 4.51. The molecule has 0 unspecified atom stereocenters. The number of hydrogen-bond acceptors (Lipinski definition) is 5. The molecule has 7 nitrogen and oxygen atoms in total. The van der Waals surface area contributed by atoms with Crippen molar-refractivity contribution in [2.45, 2.75) is 18.7 Å². The molecule has 0 spiro atoms. The summed E-state index contributed by atoms with van der Waals surface area (Å²) in [6.45, 7) is 0.512. The van der Waals surface area contributed by atoms with E-state index in [1.54, 1.807) is 35.2 Å². The molecule has 0 saturated carbocycles. The van der Waals surface area contributed by atoms with Crippen molar-refractivity contribution >= 4 is 17.3 Å². The van der Waals surface area contributed by atoms with Crippen LogP contribution < -0.4 is 10.1 Å². The first kappa shape index (κ1) is 20.0. The van der Waals surface area contributed by atoms with Crippen LogP contribution >= 0.6 is 0 Å². The Bertz CT molecular complexity index is 1170. The molecule has 0 radical (unpaired) electrons. The van der Waals surface area contributed by atoms with Crippen molar-refractivity contribution in [1.29, 1.82) is 0 Å². The number of halogens is 1. The molecule has 3 atom stereocenters. The largest absolute Gasteiger partial charge is 0.470 e. The van der Waals surface area contributed by atoms with Crippen molar-refractivity contribution in [3.8, 4) is 5.75 Å². The van der Waals surface area contributed by atoms with Gasteiger partial charge in [-0.2, -0.15) is 0 Å². The molecule has 0 aromatic heterocycles. The molecule has 2 heterocycles. The minimum Gasteiger partial charge on any atom is -0.470 e. The Morgan fingerprint density at radius 3 is 2.56 bits per heavy atom. The number of hydrogen-bond donors (Lipinski definition) is 1. The number of likely N-dealkylation sites (tertiary alicyclic amines) is 1. The predicted octanol–water partition coefficient (Wildman–Crippen LogP) is 4.77. The number of benzene rings is 3. The second-order valence-electron chi connectivity index (χ2n) is 7.93. The van der Waals surface area contributed by atoms with Gasteiger partial charge in [-0.3, -0.25) is 14.9 Å². The SMILES string of the molecule is O=C(c1ccccc1)N1CC[C@@H]2[C@H](Nc3ccc([N+](=O)[O-])cc3)c3cc(F)ccc3O[C@@H]21. The summed E-state index contributed by atoms with van der Waals surface area (Å²) in [5.74, 6) is -0.0961. The zero-order valence-corrected chi connectivity index (χ0v) is 17.0. The second kappa shape index (κ2) is 7.96. The Hall–Kier alpha value is -3.94. The normalized spacial score (nSPS) is 21.3. The van der Waals surface area contributed by atoms with Crippen LogP contribution in [0.3, 0.4) is 0 Å². The minimum absolute atomic E-state index is 0.00709. The van der Waals surface area contributed by atoms with Gasteiger partial charge in [0.05, 0.1) is 11.0 Å². The van der Waals surface area contributed by atoms with Gasteiger partial charge in [-0.1, -0.05) is 18.2 Å². The number of fused-ring (bicyclic) bond motifs is 2. The number of amides is 1. The van der Waals surface area contributed by atoms with E-state index in [-0.39, 0.29) is 29.4 Å². The first-order chi connectivity index (χ1) is 15.5. The van der Waals surface area contributed by atoms with Crippen LogP contribution in [0.25, 0.3) is 0 Å². The first-order valence-corrected chi connectivity index (χ1v) is 10.3. The molecular weight excluding hydrogens is 413 g/mol. The fraction of sp³-hybridized carbons (Fsp3) is 0.208. The van der Waals surface area contributed by atoms with Gasteiger partial charge in [-0.05, 0) is 48.9 Å². The average molecular weight is 433 g/mol. The molecule has 2 aliphatic rings. The van der Waals surface area contributed by atoms with Gasteiger partial charge in [0, 0.05) is 41.4 Å². The van der Waals surface area contributed by atoms with Crippen molar-refractivity contribution in [1.82, 2.24) is 4.90 Å². The zero-order valence-electron chi connectivity index (χ0n) is 17.0. The second-order valence-corrected chi connectivity index (χ2v) is 7.93. The maximum atomic E-state index is 14.1. The van der Waals surface area contributed by atoms with Gasteiger partial charge in [0.15, 0.2) is 6.23 Å². The van der Waals surface area contributed by atoms with Crippen LogP contribution in [0.1, 0.15) is 28.4 Å². The lowest BCUT2D eigenvalue weighted by Crippen LogP contribution is -2.46. The van der Waals surface area contributed by atoms with E-state index in [0.717, 1.165) is 0 Å². The number of nitro benzene ring substituents is 1. The van der Waals surface area contributed by atoms with Crippen molar-refractivity contribution in [2.75, 3.05) is 11.9 Å². The summed E-state index contributed by atoms with van der Waals surface area (Å²) in [7, 11) is 0.